The van der Waals surface area contributed by atoms with Crippen molar-refractivity contribution >= 4 is 35.8 Å². The van der Waals surface area contributed by atoms with Crippen molar-refractivity contribution in [3.05, 3.63) is 36.5 Å². The molecule has 0 aromatic heterocycles. The molecule has 148 valence electrons. The summed E-state index contributed by atoms with van der Waals surface area (Å²) in [5, 5.41) is 46.9. The van der Waals surface area contributed by atoms with Crippen molar-refractivity contribution in [2.45, 2.75) is 0 Å². The summed E-state index contributed by atoms with van der Waals surface area (Å²) in [4.78, 5) is 57.3. The first-order valence-corrected chi connectivity index (χ1v) is 5.30. The third-order valence-electron chi connectivity index (χ3n) is 1.11. The molecule has 0 amide bonds. The first-order valence-electron chi connectivity index (χ1n) is 5.30. The van der Waals surface area contributed by atoms with Gasteiger partial charge < -0.3 is 41.6 Å². The van der Waals surface area contributed by atoms with E-state index in [1.807, 2.05) is 0 Å². The van der Waals surface area contributed by atoms with Gasteiger partial charge in [-0.1, -0.05) is 0 Å². The molecule has 0 aliphatic heterocycles. The van der Waals surface area contributed by atoms with Gasteiger partial charge in [0.2, 0.25) is 0 Å². The van der Waals surface area contributed by atoms with Crippen LogP contribution in [0.15, 0.2) is 36.5 Å². The van der Waals surface area contributed by atoms with Gasteiger partial charge in [0.15, 0.2) is 0 Å². The van der Waals surface area contributed by atoms with Gasteiger partial charge in [-0.15, -0.1) is 0 Å². The zero-order valence-electron chi connectivity index (χ0n) is 12.6. The van der Waals surface area contributed by atoms with Crippen molar-refractivity contribution in [3.8, 4) is 0 Å². The molecule has 0 aromatic carbocycles. The van der Waals surface area contributed by atoms with Gasteiger partial charge in [-0.2, -0.15) is 0 Å². The summed E-state index contributed by atoms with van der Waals surface area (Å²) in [7, 11) is 0. The second kappa shape index (κ2) is 21.0. The number of carbonyl (C=O) groups is 6. The number of hydrogen-bond donors (Lipinski definition) is 6. The molecule has 14 nitrogen and oxygen atoms in total. The van der Waals surface area contributed by atoms with Gasteiger partial charge in [-0.05, 0) is 0 Å². The largest absolute Gasteiger partial charge is 0.478 e. The highest BCUT2D eigenvalue weighted by molar-refractivity contribution is 5.90. The van der Waals surface area contributed by atoms with E-state index in [0.29, 0.717) is 36.5 Å². The molecule has 0 aliphatic rings. The van der Waals surface area contributed by atoms with E-state index < -0.39 is 35.8 Å². The molecule has 0 aliphatic carbocycles. The highest BCUT2D eigenvalue weighted by Gasteiger charge is 1.89. The minimum absolute atomic E-state index is 0. The Hall–Kier alpha value is -4.04. The summed E-state index contributed by atoms with van der Waals surface area (Å²) in [6.07, 6.45) is 3.35. The SMILES string of the molecule is O.O.O=C(O)/C=C/C(=O)O.O=C(O)/C=C/C(=O)O.O=C(O)/C=C/C(=O)O. The molecule has 0 rings (SSSR count). The van der Waals surface area contributed by atoms with Crippen LogP contribution in [0.5, 0.6) is 0 Å². The van der Waals surface area contributed by atoms with Crippen LogP contribution in [0.1, 0.15) is 0 Å². The Kier molecular flexibility index (Phi) is 27.0. The third-order valence-corrected chi connectivity index (χ3v) is 1.11. The standard InChI is InChI=1S/3C4H4O4.2H2O/c3*5-3(6)1-2-4(7)8;;/h3*1-2H,(H,5,6)(H,7,8);2*1H2/b3*2-1+;;. The van der Waals surface area contributed by atoms with Gasteiger partial charge >= 0.3 is 35.8 Å². The van der Waals surface area contributed by atoms with Crippen LogP contribution < -0.4 is 0 Å². The molecule has 26 heavy (non-hydrogen) atoms. The molecule has 10 N–H and O–H groups in total. The number of aliphatic carboxylic acids is 6. The summed E-state index contributed by atoms with van der Waals surface area (Å²) in [5.41, 5.74) is 0. The smallest absolute Gasteiger partial charge is 0.328 e. The normalized spacial score (nSPS) is 8.77. The summed E-state index contributed by atoms with van der Waals surface area (Å²) >= 11 is 0. The fourth-order valence-corrected chi connectivity index (χ4v) is 0.428. The molecule has 0 unspecified atom stereocenters. The lowest BCUT2D eigenvalue weighted by Crippen LogP contribution is -1.91. The zero-order valence-corrected chi connectivity index (χ0v) is 12.6. The van der Waals surface area contributed by atoms with Crippen LogP contribution >= 0.6 is 0 Å². The molecule has 14 heteroatoms. The molecular weight excluding hydrogens is 368 g/mol. The van der Waals surface area contributed by atoms with E-state index in [4.69, 9.17) is 30.6 Å². The molecule has 0 fully saturated rings. The van der Waals surface area contributed by atoms with E-state index in [1.54, 1.807) is 0 Å². The Labute approximate surface area is 143 Å². The Morgan fingerprint density at radius 2 is 0.423 bits per heavy atom. The van der Waals surface area contributed by atoms with Gasteiger partial charge in [-0.3, -0.25) is 0 Å². The molecular formula is C12H16O14. The summed E-state index contributed by atoms with van der Waals surface area (Å²) in [5.74, 6) is -7.54. The lowest BCUT2D eigenvalue weighted by molar-refractivity contribution is -0.134. The minimum Gasteiger partial charge on any atom is -0.478 e. The maximum atomic E-state index is 9.55. The first kappa shape index (κ1) is 33.5. The lowest BCUT2D eigenvalue weighted by Gasteiger charge is -1.74. The Morgan fingerprint density at radius 3 is 0.462 bits per heavy atom. The van der Waals surface area contributed by atoms with Crippen LogP contribution in [-0.2, 0) is 28.8 Å². The van der Waals surface area contributed by atoms with E-state index in [9.17, 15) is 28.8 Å². The highest BCUT2D eigenvalue weighted by atomic mass is 16.4. The minimum atomic E-state index is -1.26. The molecule has 0 radical (unpaired) electrons. The fraction of sp³-hybridized carbons (Fsp3) is 0. The molecule has 0 saturated heterocycles. The van der Waals surface area contributed by atoms with Crippen LogP contribution in [0.4, 0.5) is 0 Å². The molecule has 0 spiro atoms. The topological polar surface area (TPSA) is 287 Å². The van der Waals surface area contributed by atoms with E-state index >= 15 is 0 Å². The highest BCUT2D eigenvalue weighted by Crippen LogP contribution is 1.71. The van der Waals surface area contributed by atoms with Crippen molar-refractivity contribution < 1.29 is 70.4 Å². The molecule has 0 bridgehead atoms. The zero-order chi connectivity index (χ0) is 19.7. The van der Waals surface area contributed by atoms with E-state index in [2.05, 4.69) is 0 Å². The Morgan fingerprint density at radius 1 is 0.346 bits per heavy atom. The van der Waals surface area contributed by atoms with Crippen LogP contribution in [-0.4, -0.2) is 77.4 Å². The number of rotatable bonds is 6. The predicted molar refractivity (Wildman–Crippen MR) is 80.5 cm³/mol. The molecule has 0 heterocycles. The molecule has 0 atom stereocenters. The summed E-state index contributed by atoms with van der Waals surface area (Å²) in [6.45, 7) is 0. The monoisotopic (exact) mass is 384 g/mol. The van der Waals surface area contributed by atoms with Crippen LogP contribution in [0, 0.1) is 0 Å². The van der Waals surface area contributed by atoms with Gasteiger partial charge in [0, 0.05) is 36.5 Å². The summed E-state index contributed by atoms with van der Waals surface area (Å²) in [6, 6.07) is 0. The average Bonchev–Trinajstić information content (AvgIpc) is 2.42. The van der Waals surface area contributed by atoms with E-state index in [1.165, 1.54) is 0 Å². The van der Waals surface area contributed by atoms with Gasteiger partial charge in [0.05, 0.1) is 0 Å². The van der Waals surface area contributed by atoms with Crippen molar-refractivity contribution in [2.75, 3.05) is 0 Å². The predicted octanol–water partition coefficient (Wildman–Crippen LogP) is -2.51. The van der Waals surface area contributed by atoms with Gasteiger partial charge in [0.25, 0.3) is 0 Å². The average molecular weight is 384 g/mol. The van der Waals surface area contributed by atoms with Gasteiger partial charge in [-0.25, -0.2) is 28.8 Å². The second-order valence-electron chi connectivity index (χ2n) is 3.03. The quantitative estimate of drug-likeness (QED) is 0.259. The maximum Gasteiger partial charge on any atom is 0.328 e. The Balaban J connectivity index is -0.0000000817. The molecule has 0 saturated carbocycles. The van der Waals surface area contributed by atoms with Crippen LogP contribution in [0.3, 0.4) is 0 Å². The van der Waals surface area contributed by atoms with Crippen LogP contribution in [0.2, 0.25) is 0 Å². The van der Waals surface area contributed by atoms with Crippen molar-refractivity contribution in [2.24, 2.45) is 0 Å². The number of carboxylic acid groups (broad SMARTS) is 6. The second-order valence-corrected chi connectivity index (χ2v) is 3.03. The first-order chi connectivity index (χ1) is 10.9. The fourth-order valence-electron chi connectivity index (χ4n) is 0.428. The van der Waals surface area contributed by atoms with Crippen molar-refractivity contribution in [3.63, 3.8) is 0 Å². The van der Waals surface area contributed by atoms with Crippen molar-refractivity contribution in [1.82, 2.24) is 0 Å². The lowest BCUT2D eigenvalue weighted by atomic mass is 10.5. The third kappa shape index (κ3) is 59.7. The van der Waals surface area contributed by atoms with Crippen molar-refractivity contribution in [1.29, 1.82) is 0 Å². The summed E-state index contributed by atoms with van der Waals surface area (Å²) < 4.78 is 0. The number of hydrogen-bond acceptors (Lipinski definition) is 6. The van der Waals surface area contributed by atoms with E-state index in [0.717, 1.165) is 0 Å². The maximum absolute atomic E-state index is 9.55. The van der Waals surface area contributed by atoms with Gasteiger partial charge in [0.1, 0.15) is 0 Å². The Bertz CT molecular complexity index is 440. The number of carboxylic acids is 6. The van der Waals surface area contributed by atoms with Crippen LogP contribution in [0.25, 0.3) is 0 Å². The molecule has 0 aromatic rings. The van der Waals surface area contributed by atoms with E-state index in [-0.39, 0.29) is 11.0 Å².